The Labute approximate surface area is 207 Å². The number of carbonyl (C=O) groups is 2. The number of halogens is 2. The van der Waals surface area contributed by atoms with Crippen molar-refractivity contribution in [2.45, 2.75) is 6.92 Å². The van der Waals surface area contributed by atoms with Gasteiger partial charge in [0.05, 0.1) is 5.71 Å². The highest BCUT2D eigenvalue weighted by atomic mass is 79.9. The summed E-state index contributed by atoms with van der Waals surface area (Å²) < 4.78 is 1.81. The van der Waals surface area contributed by atoms with Gasteiger partial charge in [-0.25, -0.2) is 20.4 Å². The smallest absolute Gasteiger partial charge is 0.307 e. The summed E-state index contributed by atoms with van der Waals surface area (Å²) in [4.78, 5) is 24.5. The number of carbonyl (C=O) groups excluding carboxylic acids is 2. The first-order valence-corrected chi connectivity index (χ1v) is 11.3. The molecule has 168 valence electrons. The Morgan fingerprint density at radius 3 is 1.61 bits per heavy atom. The largest absolute Gasteiger partial charge is 0.339 e. The van der Waals surface area contributed by atoms with Gasteiger partial charge in [-0.15, -0.1) is 0 Å². The molecule has 8 nitrogen and oxygen atoms in total. The van der Waals surface area contributed by atoms with E-state index in [1.165, 1.54) is 0 Å². The fraction of sp³-hybridized carbons (Fsp3) is 0.0435. The molecule has 0 unspecified atom stereocenters. The van der Waals surface area contributed by atoms with Crippen molar-refractivity contribution in [1.82, 2.24) is 10.9 Å². The molecule has 0 bridgehead atoms. The van der Waals surface area contributed by atoms with Gasteiger partial charge in [0, 0.05) is 25.9 Å². The molecule has 0 saturated carbocycles. The number of hydrogen-bond donors (Lipinski definition) is 4. The van der Waals surface area contributed by atoms with Crippen molar-refractivity contribution in [2.24, 2.45) is 10.2 Å². The number of anilines is 2. The minimum atomic E-state index is -0.514. The van der Waals surface area contributed by atoms with Crippen molar-refractivity contribution in [3.05, 3.63) is 93.4 Å². The average Bonchev–Trinajstić information content (AvgIpc) is 2.81. The van der Waals surface area contributed by atoms with Gasteiger partial charge in [0.1, 0.15) is 5.71 Å². The minimum Gasteiger partial charge on any atom is -0.307 e. The summed E-state index contributed by atoms with van der Waals surface area (Å²) in [5, 5.41) is 13.7. The van der Waals surface area contributed by atoms with E-state index in [1.54, 1.807) is 31.2 Å². The van der Waals surface area contributed by atoms with E-state index in [0.717, 1.165) is 14.5 Å². The zero-order valence-electron chi connectivity index (χ0n) is 17.5. The first-order valence-electron chi connectivity index (χ1n) is 9.73. The summed E-state index contributed by atoms with van der Waals surface area (Å²) in [6.07, 6.45) is 0. The Bertz CT molecular complexity index is 1160. The van der Waals surface area contributed by atoms with E-state index in [1.807, 2.05) is 54.6 Å². The third kappa shape index (κ3) is 7.85. The van der Waals surface area contributed by atoms with Crippen molar-refractivity contribution in [1.29, 1.82) is 0 Å². The Balaban J connectivity index is 1.69. The lowest BCUT2D eigenvalue weighted by Crippen LogP contribution is -2.29. The van der Waals surface area contributed by atoms with Crippen LogP contribution in [0, 0.1) is 0 Å². The molecule has 0 aliphatic carbocycles. The van der Waals surface area contributed by atoms with E-state index in [9.17, 15) is 9.59 Å². The van der Waals surface area contributed by atoms with Crippen LogP contribution in [0.4, 0.5) is 21.0 Å². The van der Waals surface area contributed by atoms with Crippen LogP contribution in [-0.4, -0.2) is 23.5 Å². The normalized spacial score (nSPS) is 11.5. The van der Waals surface area contributed by atoms with E-state index in [4.69, 9.17) is 0 Å². The van der Waals surface area contributed by atoms with Crippen LogP contribution in [0.5, 0.6) is 0 Å². The Morgan fingerprint density at radius 1 is 0.667 bits per heavy atom. The molecule has 0 heterocycles. The number of benzene rings is 3. The van der Waals surface area contributed by atoms with Gasteiger partial charge in [0.2, 0.25) is 0 Å². The monoisotopic (exact) mass is 570 g/mol. The first kappa shape index (κ1) is 24.1. The molecule has 4 amide bonds. The van der Waals surface area contributed by atoms with Crippen LogP contribution in [0.2, 0.25) is 0 Å². The molecule has 33 heavy (non-hydrogen) atoms. The van der Waals surface area contributed by atoms with Gasteiger partial charge in [-0.05, 0) is 55.5 Å². The van der Waals surface area contributed by atoms with Crippen molar-refractivity contribution in [3.63, 3.8) is 0 Å². The lowest BCUT2D eigenvalue weighted by molar-refractivity contribution is 0.251. The molecule has 0 atom stereocenters. The summed E-state index contributed by atoms with van der Waals surface area (Å²) in [5.74, 6) is 0. The molecule has 0 aliphatic rings. The molecular weight excluding hydrogens is 552 g/mol. The Kier molecular flexibility index (Phi) is 8.73. The van der Waals surface area contributed by atoms with Crippen LogP contribution in [0.15, 0.2) is 98.0 Å². The fourth-order valence-electron chi connectivity index (χ4n) is 2.63. The molecule has 3 rings (SSSR count). The number of rotatable bonds is 6. The van der Waals surface area contributed by atoms with Gasteiger partial charge in [-0.2, -0.15) is 10.2 Å². The van der Waals surface area contributed by atoms with Crippen LogP contribution in [0.1, 0.15) is 12.5 Å². The predicted octanol–water partition coefficient (Wildman–Crippen LogP) is 5.94. The Hall–Kier alpha value is -3.50. The summed E-state index contributed by atoms with van der Waals surface area (Å²) in [5.41, 5.74) is 7.66. The van der Waals surface area contributed by atoms with Crippen molar-refractivity contribution in [3.8, 4) is 0 Å². The number of nitrogens with one attached hydrogen (secondary N) is 4. The topological polar surface area (TPSA) is 107 Å². The molecule has 3 aromatic carbocycles. The molecule has 4 N–H and O–H groups in total. The van der Waals surface area contributed by atoms with Gasteiger partial charge >= 0.3 is 12.1 Å². The Morgan fingerprint density at radius 2 is 1.12 bits per heavy atom. The summed E-state index contributed by atoms with van der Waals surface area (Å²) in [6, 6.07) is 22.5. The minimum absolute atomic E-state index is 0.394. The number of amides is 4. The second-order valence-corrected chi connectivity index (χ2v) is 8.50. The number of nitrogens with zero attached hydrogens (tertiary/aromatic N) is 2. The number of urea groups is 2. The molecule has 3 aromatic rings. The lowest BCUT2D eigenvalue weighted by Gasteiger charge is -2.09. The quantitative estimate of drug-likeness (QED) is 0.217. The average molecular weight is 572 g/mol. The van der Waals surface area contributed by atoms with Crippen molar-refractivity contribution < 1.29 is 9.59 Å². The van der Waals surface area contributed by atoms with E-state index in [-0.39, 0.29) is 0 Å². The second kappa shape index (κ2) is 11.9. The highest BCUT2D eigenvalue weighted by Crippen LogP contribution is 2.15. The first-order chi connectivity index (χ1) is 15.9. The van der Waals surface area contributed by atoms with Crippen LogP contribution < -0.4 is 21.5 Å². The molecular formula is C23H20Br2N6O2. The molecule has 0 fully saturated rings. The lowest BCUT2D eigenvalue weighted by atomic mass is 10.1. The number of hydrazone groups is 2. The molecule has 0 radical (unpaired) electrons. The SMILES string of the molecule is CC(=N\NC(=O)Nc1ccc(Br)cc1)/C(=N/NC(=O)Nc1ccc(Br)cc1)c1ccccc1. The summed E-state index contributed by atoms with van der Waals surface area (Å²) >= 11 is 6.70. The fourth-order valence-corrected chi connectivity index (χ4v) is 3.16. The van der Waals surface area contributed by atoms with Crippen LogP contribution in [0.3, 0.4) is 0 Å². The van der Waals surface area contributed by atoms with E-state index in [2.05, 4.69) is 63.5 Å². The van der Waals surface area contributed by atoms with Gasteiger partial charge in [-0.3, -0.25) is 0 Å². The molecule has 0 spiro atoms. The number of hydrogen-bond acceptors (Lipinski definition) is 4. The van der Waals surface area contributed by atoms with Gasteiger partial charge in [0.15, 0.2) is 0 Å². The molecule has 0 aromatic heterocycles. The molecule has 0 saturated heterocycles. The zero-order valence-corrected chi connectivity index (χ0v) is 20.6. The predicted molar refractivity (Wildman–Crippen MR) is 139 cm³/mol. The van der Waals surface area contributed by atoms with E-state index < -0.39 is 12.1 Å². The van der Waals surface area contributed by atoms with E-state index in [0.29, 0.717) is 22.8 Å². The molecule has 10 heteroatoms. The van der Waals surface area contributed by atoms with Crippen LogP contribution in [0.25, 0.3) is 0 Å². The summed E-state index contributed by atoms with van der Waals surface area (Å²) in [6.45, 7) is 1.68. The highest BCUT2D eigenvalue weighted by molar-refractivity contribution is 9.10. The third-order valence-corrected chi connectivity index (χ3v) is 5.25. The van der Waals surface area contributed by atoms with Crippen molar-refractivity contribution >= 4 is 66.7 Å². The second-order valence-electron chi connectivity index (χ2n) is 6.67. The zero-order chi connectivity index (χ0) is 23.6. The molecule has 0 aliphatic heterocycles. The van der Waals surface area contributed by atoms with Gasteiger partial charge < -0.3 is 10.6 Å². The van der Waals surface area contributed by atoms with Crippen LogP contribution >= 0.6 is 31.9 Å². The maximum Gasteiger partial charge on any atom is 0.339 e. The standard InChI is InChI=1S/C23H20Br2N6O2/c1-15(28-30-22(32)26-19-11-7-17(24)8-12-19)21(16-5-3-2-4-6-16)29-31-23(33)27-20-13-9-18(25)10-14-20/h2-14H,1H3,(H2,26,30,32)(H2,27,31,33)/b28-15+,29-21-. The van der Waals surface area contributed by atoms with Crippen molar-refractivity contribution in [2.75, 3.05) is 10.6 Å². The third-order valence-electron chi connectivity index (χ3n) is 4.19. The van der Waals surface area contributed by atoms with Gasteiger partial charge in [-0.1, -0.05) is 62.2 Å². The van der Waals surface area contributed by atoms with E-state index >= 15 is 0 Å². The summed E-state index contributed by atoms with van der Waals surface area (Å²) in [7, 11) is 0. The maximum atomic E-state index is 12.3. The maximum absolute atomic E-state index is 12.3. The van der Waals surface area contributed by atoms with Crippen LogP contribution in [-0.2, 0) is 0 Å². The van der Waals surface area contributed by atoms with Gasteiger partial charge in [0.25, 0.3) is 0 Å². The highest BCUT2D eigenvalue weighted by Gasteiger charge is 2.10.